The third-order valence-electron chi connectivity index (χ3n) is 2.66. The van der Waals surface area contributed by atoms with Gasteiger partial charge in [0.1, 0.15) is 0 Å². The maximum absolute atomic E-state index is 10.1. The smallest absolute Gasteiger partial charge is 0.0892 e. The van der Waals surface area contributed by atoms with Gasteiger partial charge in [0.15, 0.2) is 0 Å². The highest BCUT2D eigenvalue weighted by Gasteiger charge is 2.22. The lowest BCUT2D eigenvalue weighted by Crippen LogP contribution is -2.33. The number of benzene rings is 1. The van der Waals surface area contributed by atoms with Gasteiger partial charge in [-0.15, -0.1) is 0 Å². The lowest BCUT2D eigenvalue weighted by atomic mass is 9.91. The summed E-state index contributed by atoms with van der Waals surface area (Å²) in [5.41, 5.74) is 2.89. The molecule has 0 spiro atoms. The van der Waals surface area contributed by atoms with Crippen molar-refractivity contribution in [1.29, 1.82) is 0 Å². The van der Waals surface area contributed by atoms with Gasteiger partial charge in [0.2, 0.25) is 0 Å². The second-order valence-electron chi connectivity index (χ2n) is 4.48. The normalized spacial score (nSPS) is 15.0. The van der Waals surface area contributed by atoms with E-state index in [2.05, 4.69) is 26.0 Å². The maximum Gasteiger partial charge on any atom is 0.0892 e. The van der Waals surface area contributed by atoms with E-state index in [1.807, 2.05) is 13.0 Å². The summed E-state index contributed by atoms with van der Waals surface area (Å²) in [5.74, 6) is 0. The highest BCUT2D eigenvalue weighted by molar-refractivity contribution is 5.34. The Kier molecular flexibility index (Phi) is 3.89. The van der Waals surface area contributed by atoms with Crippen LogP contribution in [0.2, 0.25) is 0 Å². The first-order valence-electron chi connectivity index (χ1n) is 5.23. The van der Waals surface area contributed by atoms with Crippen LogP contribution in [-0.4, -0.2) is 24.4 Å². The predicted octanol–water partition coefficient (Wildman–Crippen LogP) is 2.24. The van der Waals surface area contributed by atoms with E-state index in [1.165, 1.54) is 16.7 Å². The minimum atomic E-state index is -0.786. The molecule has 2 nitrogen and oxygen atoms in total. The molecule has 0 saturated heterocycles. The number of methoxy groups -OCH3 is 1. The van der Waals surface area contributed by atoms with Gasteiger partial charge in [-0.25, -0.2) is 0 Å². The van der Waals surface area contributed by atoms with E-state index >= 15 is 0 Å². The molecule has 84 valence electrons. The second kappa shape index (κ2) is 4.77. The fourth-order valence-corrected chi connectivity index (χ4v) is 1.87. The van der Waals surface area contributed by atoms with Gasteiger partial charge in [-0.3, -0.25) is 0 Å². The van der Waals surface area contributed by atoms with Crippen molar-refractivity contribution >= 4 is 0 Å². The quantitative estimate of drug-likeness (QED) is 0.822. The third-order valence-corrected chi connectivity index (χ3v) is 2.66. The molecular weight excluding hydrogens is 188 g/mol. The maximum atomic E-state index is 10.1. The van der Waals surface area contributed by atoms with Gasteiger partial charge in [0.25, 0.3) is 0 Å². The Morgan fingerprint density at radius 3 is 2.27 bits per heavy atom. The van der Waals surface area contributed by atoms with Crippen molar-refractivity contribution in [2.45, 2.75) is 32.8 Å². The van der Waals surface area contributed by atoms with Crippen molar-refractivity contribution in [2.75, 3.05) is 13.7 Å². The number of hydrogen-bond donors (Lipinski definition) is 1. The van der Waals surface area contributed by atoms with Crippen molar-refractivity contribution in [3.63, 3.8) is 0 Å². The third kappa shape index (κ3) is 3.33. The molecule has 1 rings (SSSR count). The number of aliphatic hydroxyl groups is 1. The van der Waals surface area contributed by atoms with E-state index in [0.29, 0.717) is 13.0 Å². The van der Waals surface area contributed by atoms with E-state index in [1.54, 1.807) is 7.11 Å². The minimum Gasteiger partial charge on any atom is -0.387 e. The molecule has 0 aliphatic rings. The van der Waals surface area contributed by atoms with Crippen LogP contribution in [0.4, 0.5) is 0 Å². The van der Waals surface area contributed by atoms with Crippen LogP contribution < -0.4 is 0 Å². The Labute approximate surface area is 91.9 Å². The van der Waals surface area contributed by atoms with Gasteiger partial charge >= 0.3 is 0 Å². The van der Waals surface area contributed by atoms with Crippen molar-refractivity contribution < 1.29 is 9.84 Å². The average molecular weight is 208 g/mol. The molecule has 1 aromatic rings. The largest absolute Gasteiger partial charge is 0.387 e. The van der Waals surface area contributed by atoms with Gasteiger partial charge in [-0.2, -0.15) is 0 Å². The van der Waals surface area contributed by atoms with Crippen molar-refractivity contribution in [3.05, 3.63) is 34.9 Å². The SMILES string of the molecule is COCC(C)(O)Cc1c(C)cccc1C. The molecule has 2 heteroatoms. The summed E-state index contributed by atoms with van der Waals surface area (Å²) in [7, 11) is 1.61. The first-order valence-corrected chi connectivity index (χ1v) is 5.23. The molecule has 0 aromatic heterocycles. The number of hydrogen-bond acceptors (Lipinski definition) is 2. The summed E-state index contributed by atoms with van der Waals surface area (Å²) < 4.78 is 5.01. The van der Waals surface area contributed by atoms with Gasteiger partial charge < -0.3 is 9.84 Å². The average Bonchev–Trinajstić information content (AvgIpc) is 2.11. The zero-order chi connectivity index (χ0) is 11.5. The van der Waals surface area contributed by atoms with Crippen molar-refractivity contribution in [1.82, 2.24) is 0 Å². The van der Waals surface area contributed by atoms with Gasteiger partial charge in [-0.05, 0) is 37.5 Å². The first-order chi connectivity index (χ1) is 6.96. The van der Waals surface area contributed by atoms with Crippen LogP contribution >= 0.6 is 0 Å². The molecular formula is C13H20O2. The van der Waals surface area contributed by atoms with Crippen LogP contribution in [0.5, 0.6) is 0 Å². The van der Waals surface area contributed by atoms with Gasteiger partial charge in [-0.1, -0.05) is 18.2 Å². The summed E-state index contributed by atoms with van der Waals surface area (Å²) in [6, 6.07) is 6.19. The molecule has 0 radical (unpaired) electrons. The number of aryl methyl sites for hydroxylation is 2. The summed E-state index contributed by atoms with van der Waals surface area (Å²) in [6.07, 6.45) is 0.638. The molecule has 0 amide bonds. The summed E-state index contributed by atoms with van der Waals surface area (Å²) in [5, 5.41) is 10.1. The van der Waals surface area contributed by atoms with E-state index in [4.69, 9.17) is 4.74 Å². The zero-order valence-corrected chi connectivity index (χ0v) is 10.0. The van der Waals surface area contributed by atoms with E-state index in [9.17, 15) is 5.11 Å². The monoisotopic (exact) mass is 208 g/mol. The Morgan fingerprint density at radius 2 is 1.80 bits per heavy atom. The zero-order valence-electron chi connectivity index (χ0n) is 10.0. The van der Waals surface area contributed by atoms with E-state index in [0.717, 1.165) is 0 Å². The lowest BCUT2D eigenvalue weighted by Gasteiger charge is -2.24. The molecule has 0 bridgehead atoms. The Hall–Kier alpha value is -0.860. The minimum absolute atomic E-state index is 0.362. The Bertz CT molecular complexity index is 309. The number of rotatable bonds is 4. The summed E-state index contributed by atoms with van der Waals surface area (Å²) in [6.45, 7) is 6.32. The first kappa shape index (κ1) is 12.2. The summed E-state index contributed by atoms with van der Waals surface area (Å²) >= 11 is 0. The molecule has 0 heterocycles. The number of ether oxygens (including phenoxy) is 1. The fraction of sp³-hybridized carbons (Fsp3) is 0.538. The van der Waals surface area contributed by atoms with Crippen LogP contribution in [0.3, 0.4) is 0 Å². The molecule has 15 heavy (non-hydrogen) atoms. The molecule has 1 unspecified atom stereocenters. The topological polar surface area (TPSA) is 29.5 Å². The predicted molar refractivity (Wildman–Crippen MR) is 62.1 cm³/mol. The Balaban J connectivity index is 2.89. The van der Waals surface area contributed by atoms with Crippen molar-refractivity contribution in [2.24, 2.45) is 0 Å². The lowest BCUT2D eigenvalue weighted by molar-refractivity contribution is -0.0162. The molecule has 1 N–H and O–H groups in total. The van der Waals surface area contributed by atoms with Crippen LogP contribution in [-0.2, 0) is 11.2 Å². The van der Waals surface area contributed by atoms with Gasteiger partial charge in [0.05, 0.1) is 12.2 Å². The summed E-state index contributed by atoms with van der Waals surface area (Å²) in [4.78, 5) is 0. The van der Waals surface area contributed by atoms with Gasteiger partial charge in [0, 0.05) is 13.5 Å². The van der Waals surface area contributed by atoms with E-state index < -0.39 is 5.60 Å². The van der Waals surface area contributed by atoms with Crippen molar-refractivity contribution in [3.8, 4) is 0 Å². The molecule has 0 aliphatic heterocycles. The molecule has 0 aliphatic carbocycles. The molecule has 1 aromatic carbocycles. The van der Waals surface area contributed by atoms with Crippen LogP contribution in [0, 0.1) is 13.8 Å². The van der Waals surface area contributed by atoms with Crippen LogP contribution in [0.1, 0.15) is 23.6 Å². The molecule has 0 saturated carbocycles. The highest BCUT2D eigenvalue weighted by atomic mass is 16.5. The van der Waals surface area contributed by atoms with Crippen LogP contribution in [0.15, 0.2) is 18.2 Å². The van der Waals surface area contributed by atoms with E-state index in [-0.39, 0.29) is 0 Å². The fourth-order valence-electron chi connectivity index (χ4n) is 1.87. The molecule has 0 fully saturated rings. The standard InChI is InChI=1S/C13H20O2/c1-10-6-5-7-11(2)12(10)8-13(3,14)9-15-4/h5-7,14H,8-9H2,1-4H3. The van der Waals surface area contributed by atoms with Crippen LogP contribution in [0.25, 0.3) is 0 Å². The Morgan fingerprint density at radius 1 is 1.27 bits per heavy atom. The molecule has 1 atom stereocenters. The second-order valence-corrected chi connectivity index (χ2v) is 4.48. The highest BCUT2D eigenvalue weighted by Crippen LogP contribution is 2.20.